The number of halogens is 6. The first kappa shape index (κ1) is 28.2. The van der Waals surface area contributed by atoms with E-state index in [1.807, 2.05) is 0 Å². The Morgan fingerprint density at radius 3 is 2.32 bits per heavy atom. The Morgan fingerprint density at radius 1 is 1.05 bits per heavy atom. The smallest absolute Gasteiger partial charge is 0.490 e. The Hall–Kier alpha value is -3.42. The molecular formula is C23H24F6N2O6. The number of amides is 2. The van der Waals surface area contributed by atoms with E-state index in [4.69, 9.17) is 4.74 Å². The fourth-order valence-electron chi connectivity index (χ4n) is 4.13. The first-order chi connectivity index (χ1) is 17.1. The molecule has 204 valence electrons. The van der Waals surface area contributed by atoms with Crippen LogP contribution in [0.25, 0.3) is 0 Å². The summed E-state index contributed by atoms with van der Waals surface area (Å²) in [5, 5.41) is 14.5. The van der Waals surface area contributed by atoms with Crippen molar-refractivity contribution in [2.75, 3.05) is 0 Å². The number of carbonyl (C=O) groups is 2. The molecule has 0 radical (unpaired) electrons. The Labute approximate surface area is 207 Å². The van der Waals surface area contributed by atoms with Crippen LogP contribution in [0.1, 0.15) is 49.4 Å². The number of aromatic carboxylic acids is 1. The van der Waals surface area contributed by atoms with Crippen molar-refractivity contribution in [3.8, 4) is 11.5 Å². The maximum Gasteiger partial charge on any atom is 0.573 e. The van der Waals surface area contributed by atoms with Crippen molar-refractivity contribution in [1.82, 2.24) is 10.6 Å². The van der Waals surface area contributed by atoms with Crippen LogP contribution in [0.2, 0.25) is 0 Å². The van der Waals surface area contributed by atoms with Crippen LogP contribution in [0.4, 0.5) is 31.1 Å². The SMILES string of the molecule is CC1(OC(F)(F)F)C=CC=C(NC(=O)NC2CCC(Oc3ccc(OC(F)(F)F)c(C(=O)O)c3)CC2)C1. The van der Waals surface area contributed by atoms with Crippen molar-refractivity contribution < 1.29 is 55.2 Å². The van der Waals surface area contributed by atoms with Crippen molar-refractivity contribution in [1.29, 1.82) is 0 Å². The average molecular weight is 538 g/mol. The maximum absolute atomic E-state index is 12.6. The standard InChI is InChI=1S/C23H24F6N2O6/c1-21(37-23(27,28)29)10-2-3-14(12-21)31-20(34)30-13-4-6-15(7-5-13)35-16-8-9-18(36-22(24,25)26)17(11-16)19(32)33/h2-3,8-11,13,15H,4-7,12H2,1H3,(H,32,33)(H2,30,31,34). The van der Waals surface area contributed by atoms with Crippen LogP contribution in [-0.4, -0.2) is 47.6 Å². The monoisotopic (exact) mass is 538 g/mol. The number of alkyl halides is 6. The minimum absolute atomic E-state index is 0.0579. The third-order valence-corrected chi connectivity index (χ3v) is 5.63. The molecule has 2 aliphatic carbocycles. The van der Waals surface area contributed by atoms with Crippen LogP contribution in [0.3, 0.4) is 0 Å². The van der Waals surface area contributed by atoms with E-state index < -0.39 is 41.6 Å². The highest BCUT2D eigenvalue weighted by Gasteiger charge is 2.40. The molecule has 0 aromatic heterocycles. The third-order valence-electron chi connectivity index (χ3n) is 5.63. The number of ether oxygens (including phenoxy) is 3. The van der Waals surface area contributed by atoms with Crippen molar-refractivity contribution >= 4 is 12.0 Å². The molecule has 0 saturated heterocycles. The minimum atomic E-state index is -5.05. The summed E-state index contributed by atoms with van der Waals surface area (Å²) in [7, 11) is 0. The second-order valence-electron chi connectivity index (χ2n) is 8.79. The van der Waals surface area contributed by atoms with E-state index >= 15 is 0 Å². The molecule has 0 aliphatic heterocycles. The number of hydrogen-bond acceptors (Lipinski definition) is 5. The van der Waals surface area contributed by atoms with Gasteiger partial charge < -0.3 is 25.2 Å². The van der Waals surface area contributed by atoms with Gasteiger partial charge in [0.1, 0.15) is 17.1 Å². The van der Waals surface area contributed by atoms with Gasteiger partial charge in [-0.15, -0.1) is 26.3 Å². The second kappa shape index (κ2) is 10.9. The number of carbonyl (C=O) groups excluding carboxylic acids is 1. The van der Waals surface area contributed by atoms with Crippen LogP contribution in [-0.2, 0) is 4.74 Å². The molecule has 1 unspecified atom stereocenters. The lowest BCUT2D eigenvalue weighted by Gasteiger charge is -2.32. The zero-order chi connectivity index (χ0) is 27.4. The van der Waals surface area contributed by atoms with Crippen LogP contribution in [0, 0.1) is 0 Å². The molecule has 1 aromatic rings. The first-order valence-electron chi connectivity index (χ1n) is 11.1. The van der Waals surface area contributed by atoms with Gasteiger partial charge in [0, 0.05) is 18.2 Å². The van der Waals surface area contributed by atoms with E-state index in [0.29, 0.717) is 25.7 Å². The number of carboxylic acids is 1. The lowest BCUT2D eigenvalue weighted by atomic mass is 9.93. The largest absolute Gasteiger partial charge is 0.573 e. The molecule has 1 fully saturated rings. The van der Waals surface area contributed by atoms with Crippen molar-refractivity contribution in [3.05, 3.63) is 47.7 Å². The number of allylic oxidation sites excluding steroid dienone is 2. The molecule has 1 aromatic carbocycles. The molecule has 37 heavy (non-hydrogen) atoms. The van der Waals surface area contributed by atoms with Crippen molar-refractivity contribution in [2.45, 2.75) is 69.5 Å². The number of rotatable bonds is 7. The Bertz CT molecular complexity index is 1060. The molecule has 3 N–H and O–H groups in total. The Kier molecular flexibility index (Phi) is 8.30. The Morgan fingerprint density at radius 2 is 1.73 bits per heavy atom. The number of hydrogen-bond donors (Lipinski definition) is 3. The molecule has 3 rings (SSSR count). The molecule has 8 nitrogen and oxygen atoms in total. The quantitative estimate of drug-likeness (QED) is 0.401. The highest BCUT2D eigenvalue weighted by Crippen LogP contribution is 2.33. The highest BCUT2D eigenvalue weighted by atomic mass is 19.4. The molecule has 0 spiro atoms. The topological polar surface area (TPSA) is 106 Å². The summed E-state index contributed by atoms with van der Waals surface area (Å²) in [5.41, 5.74) is -2.11. The fraction of sp³-hybridized carbons (Fsp3) is 0.478. The lowest BCUT2D eigenvalue weighted by molar-refractivity contribution is -0.355. The van der Waals surface area contributed by atoms with Gasteiger partial charge in [0.2, 0.25) is 0 Å². The van der Waals surface area contributed by atoms with Gasteiger partial charge in [0.05, 0.1) is 11.7 Å². The number of carboxylic acid groups (broad SMARTS) is 1. The van der Waals surface area contributed by atoms with Crippen molar-refractivity contribution in [3.63, 3.8) is 0 Å². The van der Waals surface area contributed by atoms with Crippen LogP contribution >= 0.6 is 0 Å². The van der Waals surface area contributed by atoms with E-state index in [1.54, 1.807) is 0 Å². The van der Waals surface area contributed by atoms with E-state index in [-0.39, 0.29) is 30.0 Å². The molecule has 2 aliphatic rings. The lowest BCUT2D eigenvalue weighted by Crippen LogP contribution is -2.45. The highest BCUT2D eigenvalue weighted by molar-refractivity contribution is 5.91. The summed E-state index contributed by atoms with van der Waals surface area (Å²) in [6.07, 6.45) is -4.49. The number of nitrogens with one attached hydrogen (secondary N) is 2. The summed E-state index contributed by atoms with van der Waals surface area (Å²) < 4.78 is 88.9. The van der Waals surface area contributed by atoms with Gasteiger partial charge in [-0.05, 0) is 56.9 Å². The van der Waals surface area contributed by atoms with Crippen LogP contribution < -0.4 is 20.1 Å². The van der Waals surface area contributed by atoms with Gasteiger partial charge in [0.25, 0.3) is 0 Å². The minimum Gasteiger partial charge on any atom is -0.490 e. The average Bonchev–Trinajstić information content (AvgIpc) is 2.73. The number of urea groups is 1. The van der Waals surface area contributed by atoms with Gasteiger partial charge in [-0.25, -0.2) is 9.59 Å². The normalized spacial score (nSPS) is 24.1. The van der Waals surface area contributed by atoms with Crippen LogP contribution in [0.5, 0.6) is 11.5 Å². The molecule has 1 atom stereocenters. The second-order valence-corrected chi connectivity index (χ2v) is 8.79. The maximum atomic E-state index is 12.6. The Balaban J connectivity index is 1.48. The predicted octanol–water partition coefficient (Wildman–Crippen LogP) is 5.41. The van der Waals surface area contributed by atoms with Gasteiger partial charge in [-0.1, -0.05) is 12.2 Å². The summed E-state index contributed by atoms with van der Waals surface area (Å²) in [5.74, 6) is -2.42. The van der Waals surface area contributed by atoms with Crippen LogP contribution in [0.15, 0.2) is 42.1 Å². The van der Waals surface area contributed by atoms with E-state index in [0.717, 1.165) is 12.1 Å². The molecule has 0 bridgehead atoms. The zero-order valence-electron chi connectivity index (χ0n) is 19.4. The van der Waals surface area contributed by atoms with Crippen molar-refractivity contribution in [2.24, 2.45) is 0 Å². The van der Waals surface area contributed by atoms with E-state index in [9.17, 15) is 41.0 Å². The predicted molar refractivity (Wildman–Crippen MR) is 116 cm³/mol. The third kappa shape index (κ3) is 8.88. The van der Waals surface area contributed by atoms with Gasteiger partial charge >= 0.3 is 24.7 Å². The van der Waals surface area contributed by atoms with E-state index in [1.165, 1.54) is 31.2 Å². The molecule has 0 heterocycles. The van der Waals surface area contributed by atoms with Gasteiger partial charge in [0.15, 0.2) is 0 Å². The molecule has 2 amide bonds. The molecular weight excluding hydrogens is 514 g/mol. The number of benzene rings is 1. The summed E-state index contributed by atoms with van der Waals surface area (Å²) in [4.78, 5) is 23.7. The zero-order valence-corrected chi connectivity index (χ0v) is 19.4. The summed E-state index contributed by atoms with van der Waals surface area (Å²) in [6.45, 7) is 1.25. The van der Waals surface area contributed by atoms with Gasteiger partial charge in [-0.2, -0.15) is 0 Å². The molecule has 14 heteroatoms. The fourth-order valence-corrected chi connectivity index (χ4v) is 4.13. The first-order valence-corrected chi connectivity index (χ1v) is 11.1. The van der Waals surface area contributed by atoms with E-state index in [2.05, 4.69) is 20.1 Å². The molecule has 1 saturated carbocycles. The van der Waals surface area contributed by atoms with Gasteiger partial charge in [-0.3, -0.25) is 4.74 Å². The summed E-state index contributed by atoms with van der Waals surface area (Å²) in [6, 6.07) is 2.14. The summed E-state index contributed by atoms with van der Waals surface area (Å²) >= 11 is 0.